The minimum atomic E-state index is -0.569. The predicted molar refractivity (Wildman–Crippen MR) is 94.1 cm³/mol. The van der Waals surface area contributed by atoms with Crippen molar-refractivity contribution in [2.24, 2.45) is 7.05 Å². The first-order valence-corrected chi connectivity index (χ1v) is 8.26. The van der Waals surface area contributed by atoms with Crippen LogP contribution in [0.3, 0.4) is 0 Å². The molecule has 3 rings (SSSR count). The van der Waals surface area contributed by atoms with E-state index < -0.39 is 5.97 Å². The predicted octanol–water partition coefficient (Wildman–Crippen LogP) is 1.69. The first-order chi connectivity index (χ1) is 12.4. The molecule has 9 heteroatoms. The van der Waals surface area contributed by atoms with Crippen LogP contribution in [-0.4, -0.2) is 48.9 Å². The van der Waals surface area contributed by atoms with Gasteiger partial charge in [0.15, 0.2) is 5.65 Å². The van der Waals surface area contributed by atoms with Gasteiger partial charge in [0.25, 0.3) is 5.91 Å². The van der Waals surface area contributed by atoms with Gasteiger partial charge in [0, 0.05) is 31.0 Å². The first-order valence-electron chi connectivity index (χ1n) is 8.26. The highest BCUT2D eigenvalue weighted by molar-refractivity contribution is 6.11. The van der Waals surface area contributed by atoms with E-state index in [2.05, 4.69) is 15.2 Å². The number of aromatic nitrogens is 5. The van der Waals surface area contributed by atoms with E-state index >= 15 is 0 Å². The third-order valence-electron chi connectivity index (χ3n) is 3.91. The summed E-state index contributed by atoms with van der Waals surface area (Å²) in [7, 11) is 1.62. The van der Waals surface area contributed by atoms with E-state index in [9.17, 15) is 9.59 Å². The van der Waals surface area contributed by atoms with E-state index in [1.54, 1.807) is 41.7 Å². The summed E-state index contributed by atoms with van der Waals surface area (Å²) in [5, 5.41) is 8.12. The van der Waals surface area contributed by atoms with Crippen LogP contribution in [0.4, 0.5) is 5.69 Å². The standard InChI is InChI=1S/C17H20N6O3/c1-5-26-17(25)13-9-19-21(4)15(13)16(24)23(11(2)3)12-6-7-22-14(8-12)18-10-20-22/h6-11H,5H2,1-4H3. The summed E-state index contributed by atoms with van der Waals surface area (Å²) in [5.41, 5.74) is 1.60. The van der Waals surface area contributed by atoms with Gasteiger partial charge in [-0.05, 0) is 26.8 Å². The Kier molecular flexibility index (Phi) is 4.70. The van der Waals surface area contributed by atoms with Crippen LogP contribution >= 0.6 is 0 Å². The Labute approximate surface area is 150 Å². The molecule has 0 aliphatic carbocycles. The summed E-state index contributed by atoms with van der Waals surface area (Å²) in [4.78, 5) is 31.2. The maximum atomic E-state index is 13.3. The highest BCUT2D eigenvalue weighted by atomic mass is 16.5. The van der Waals surface area contributed by atoms with Gasteiger partial charge in [-0.2, -0.15) is 10.2 Å². The second-order valence-electron chi connectivity index (χ2n) is 5.97. The van der Waals surface area contributed by atoms with Crippen molar-refractivity contribution in [3.63, 3.8) is 0 Å². The third kappa shape index (κ3) is 3.03. The molecule has 0 fully saturated rings. The van der Waals surface area contributed by atoms with Gasteiger partial charge in [-0.25, -0.2) is 14.3 Å². The molecular weight excluding hydrogens is 336 g/mol. The monoisotopic (exact) mass is 356 g/mol. The second kappa shape index (κ2) is 6.95. The second-order valence-corrected chi connectivity index (χ2v) is 5.97. The van der Waals surface area contributed by atoms with Crippen molar-refractivity contribution in [1.82, 2.24) is 24.4 Å². The molecule has 3 aromatic heterocycles. The Morgan fingerprint density at radius 2 is 2.08 bits per heavy atom. The molecule has 26 heavy (non-hydrogen) atoms. The van der Waals surface area contributed by atoms with Crippen LogP contribution in [0.25, 0.3) is 5.65 Å². The van der Waals surface area contributed by atoms with E-state index in [1.807, 2.05) is 13.8 Å². The average Bonchev–Trinajstić information content (AvgIpc) is 3.20. The zero-order valence-electron chi connectivity index (χ0n) is 15.1. The highest BCUT2D eigenvalue weighted by Gasteiger charge is 2.29. The number of pyridine rings is 1. The Morgan fingerprint density at radius 1 is 1.31 bits per heavy atom. The summed E-state index contributed by atoms with van der Waals surface area (Å²) >= 11 is 0. The minimum absolute atomic E-state index is 0.147. The number of ether oxygens (including phenoxy) is 1. The van der Waals surface area contributed by atoms with Crippen molar-refractivity contribution >= 4 is 23.2 Å². The minimum Gasteiger partial charge on any atom is -0.462 e. The van der Waals surface area contributed by atoms with Crippen LogP contribution in [0.5, 0.6) is 0 Å². The van der Waals surface area contributed by atoms with Crippen LogP contribution in [-0.2, 0) is 11.8 Å². The summed E-state index contributed by atoms with van der Waals surface area (Å²) in [5.74, 6) is -0.910. The van der Waals surface area contributed by atoms with Gasteiger partial charge in [0.2, 0.25) is 0 Å². The molecule has 0 aliphatic heterocycles. The van der Waals surface area contributed by atoms with Crippen LogP contribution in [0.2, 0.25) is 0 Å². The number of rotatable bonds is 5. The molecule has 0 radical (unpaired) electrons. The zero-order valence-corrected chi connectivity index (χ0v) is 15.1. The molecule has 0 saturated heterocycles. The molecule has 0 aromatic carbocycles. The van der Waals surface area contributed by atoms with Gasteiger partial charge >= 0.3 is 5.97 Å². The number of anilines is 1. The molecular formula is C17H20N6O3. The summed E-state index contributed by atoms with van der Waals surface area (Å²) < 4.78 is 8.04. The van der Waals surface area contributed by atoms with Crippen molar-refractivity contribution in [3.05, 3.63) is 42.1 Å². The van der Waals surface area contributed by atoms with Crippen molar-refractivity contribution in [2.45, 2.75) is 26.8 Å². The molecule has 0 unspecified atom stereocenters. The fourth-order valence-electron chi connectivity index (χ4n) is 2.77. The Balaban J connectivity index is 2.05. The lowest BCUT2D eigenvalue weighted by atomic mass is 10.1. The topological polar surface area (TPSA) is 94.6 Å². The molecule has 0 N–H and O–H groups in total. The molecule has 0 spiro atoms. The van der Waals surface area contributed by atoms with Gasteiger partial charge in [0.1, 0.15) is 17.6 Å². The molecule has 3 aromatic rings. The number of hydrogen-bond donors (Lipinski definition) is 0. The van der Waals surface area contributed by atoms with Crippen LogP contribution in [0.1, 0.15) is 41.6 Å². The van der Waals surface area contributed by atoms with E-state index in [0.717, 1.165) is 0 Å². The summed E-state index contributed by atoms with van der Waals surface area (Å²) in [6, 6.07) is 3.39. The Morgan fingerprint density at radius 3 is 2.77 bits per heavy atom. The normalized spacial score (nSPS) is 11.1. The van der Waals surface area contributed by atoms with Crippen molar-refractivity contribution in [3.8, 4) is 0 Å². The fourth-order valence-corrected chi connectivity index (χ4v) is 2.77. The van der Waals surface area contributed by atoms with Gasteiger partial charge in [0.05, 0.1) is 12.8 Å². The largest absolute Gasteiger partial charge is 0.462 e. The van der Waals surface area contributed by atoms with Crippen molar-refractivity contribution < 1.29 is 14.3 Å². The smallest absolute Gasteiger partial charge is 0.342 e. The number of amides is 1. The third-order valence-corrected chi connectivity index (χ3v) is 3.91. The maximum absolute atomic E-state index is 13.3. The van der Waals surface area contributed by atoms with E-state index in [1.165, 1.54) is 17.2 Å². The number of nitrogens with zero attached hydrogens (tertiary/aromatic N) is 6. The Hall–Kier alpha value is -3.23. The number of carbonyl (C=O) groups is 2. The number of esters is 1. The fraction of sp³-hybridized carbons (Fsp3) is 0.353. The first kappa shape index (κ1) is 17.6. The number of hydrogen-bond acceptors (Lipinski definition) is 6. The van der Waals surface area contributed by atoms with E-state index in [-0.39, 0.29) is 29.8 Å². The van der Waals surface area contributed by atoms with Crippen LogP contribution in [0.15, 0.2) is 30.9 Å². The molecule has 136 valence electrons. The molecule has 0 bridgehead atoms. The van der Waals surface area contributed by atoms with Gasteiger partial charge in [-0.3, -0.25) is 9.48 Å². The molecule has 0 saturated carbocycles. The molecule has 0 atom stereocenters. The van der Waals surface area contributed by atoms with Gasteiger partial charge in [-0.15, -0.1) is 0 Å². The van der Waals surface area contributed by atoms with Crippen LogP contribution in [0, 0.1) is 0 Å². The van der Waals surface area contributed by atoms with Gasteiger partial charge in [-0.1, -0.05) is 0 Å². The summed E-state index contributed by atoms with van der Waals surface area (Å²) in [6.07, 6.45) is 4.53. The summed E-state index contributed by atoms with van der Waals surface area (Å²) in [6.45, 7) is 5.72. The van der Waals surface area contributed by atoms with Gasteiger partial charge < -0.3 is 9.64 Å². The lowest BCUT2D eigenvalue weighted by Crippen LogP contribution is -2.39. The zero-order chi connectivity index (χ0) is 18.8. The maximum Gasteiger partial charge on any atom is 0.342 e. The van der Waals surface area contributed by atoms with Crippen LogP contribution < -0.4 is 4.90 Å². The average molecular weight is 356 g/mol. The molecule has 3 heterocycles. The lowest BCUT2D eigenvalue weighted by molar-refractivity contribution is 0.0522. The molecule has 9 nitrogen and oxygen atoms in total. The Bertz CT molecular complexity index is 958. The molecule has 1 amide bonds. The lowest BCUT2D eigenvalue weighted by Gasteiger charge is -2.27. The highest BCUT2D eigenvalue weighted by Crippen LogP contribution is 2.23. The van der Waals surface area contributed by atoms with Crippen molar-refractivity contribution in [1.29, 1.82) is 0 Å². The van der Waals surface area contributed by atoms with E-state index in [4.69, 9.17) is 4.74 Å². The SMILES string of the molecule is CCOC(=O)c1cnn(C)c1C(=O)N(c1ccn2ncnc2c1)C(C)C. The number of aryl methyl sites for hydroxylation is 1. The number of carbonyl (C=O) groups excluding carboxylic acids is 2. The quantitative estimate of drug-likeness (QED) is 0.646. The van der Waals surface area contributed by atoms with E-state index in [0.29, 0.717) is 11.3 Å². The molecule has 0 aliphatic rings. The van der Waals surface area contributed by atoms with Crippen molar-refractivity contribution in [2.75, 3.05) is 11.5 Å². The number of fused-ring (bicyclic) bond motifs is 1.